The second-order valence-corrected chi connectivity index (χ2v) is 11.6. The summed E-state index contributed by atoms with van der Waals surface area (Å²) in [4.78, 5) is 7.57. The molecular weight excluding hydrogens is 440 g/mol. The fourth-order valence-electron chi connectivity index (χ4n) is 4.44. The Bertz CT molecular complexity index is 1200. The molecule has 0 amide bonds. The molecule has 0 atom stereocenters. The second-order valence-electron chi connectivity index (χ2n) is 8.56. The highest BCUT2D eigenvalue weighted by Crippen LogP contribution is 2.35. The van der Waals surface area contributed by atoms with Gasteiger partial charge in [-0.3, -0.25) is 0 Å². The van der Waals surface area contributed by atoms with Crippen LogP contribution in [0.5, 0.6) is 5.75 Å². The van der Waals surface area contributed by atoms with E-state index in [0.717, 1.165) is 44.4 Å². The molecular formula is C25H30N2O3S2. The van der Waals surface area contributed by atoms with E-state index in [-0.39, 0.29) is 5.25 Å². The van der Waals surface area contributed by atoms with Crippen LogP contribution in [0.2, 0.25) is 0 Å². The molecule has 4 rings (SSSR count). The monoisotopic (exact) mass is 470 g/mol. The number of methoxy groups -OCH3 is 1. The predicted molar refractivity (Wildman–Crippen MR) is 132 cm³/mol. The third-order valence-electron chi connectivity index (χ3n) is 6.61. The van der Waals surface area contributed by atoms with Crippen LogP contribution < -0.4 is 9.64 Å². The molecule has 3 aromatic rings. The van der Waals surface area contributed by atoms with Gasteiger partial charge in [0.1, 0.15) is 5.75 Å². The Kier molecular flexibility index (Phi) is 6.32. The highest BCUT2D eigenvalue weighted by molar-refractivity contribution is 7.92. The van der Waals surface area contributed by atoms with Gasteiger partial charge in [-0.05, 0) is 87.1 Å². The van der Waals surface area contributed by atoms with Gasteiger partial charge < -0.3 is 9.64 Å². The van der Waals surface area contributed by atoms with E-state index in [9.17, 15) is 8.42 Å². The van der Waals surface area contributed by atoms with E-state index in [1.54, 1.807) is 18.4 Å². The first-order chi connectivity index (χ1) is 15.2. The predicted octanol–water partition coefficient (Wildman–Crippen LogP) is 5.50. The number of rotatable bonds is 5. The standard InChI is InChI=1S/C25H30N2O3S2/c1-16-14-17(2)19(4)24(18(16)3)32(28,29)22-10-12-27(13-11-22)25-26-23(15-31-25)20-6-8-21(30-5)9-7-20/h6-9,14-15,22H,10-13H2,1-5H3. The van der Waals surface area contributed by atoms with Gasteiger partial charge in [0.25, 0.3) is 0 Å². The molecule has 1 aliphatic rings. The summed E-state index contributed by atoms with van der Waals surface area (Å²) in [6, 6.07) is 9.95. The van der Waals surface area contributed by atoms with Crippen LogP contribution in [0.3, 0.4) is 0 Å². The average Bonchev–Trinajstić information content (AvgIpc) is 3.28. The molecule has 2 aromatic carbocycles. The molecule has 0 aliphatic carbocycles. The highest BCUT2D eigenvalue weighted by Gasteiger charge is 2.34. The van der Waals surface area contributed by atoms with Crippen molar-refractivity contribution in [1.29, 1.82) is 0 Å². The summed E-state index contributed by atoms with van der Waals surface area (Å²) < 4.78 is 32.4. The van der Waals surface area contributed by atoms with Crippen molar-refractivity contribution in [2.45, 2.75) is 50.7 Å². The van der Waals surface area contributed by atoms with E-state index in [1.165, 1.54) is 0 Å². The Balaban J connectivity index is 1.50. The van der Waals surface area contributed by atoms with E-state index >= 15 is 0 Å². The fraction of sp³-hybridized carbons (Fsp3) is 0.400. The molecule has 7 heteroatoms. The average molecular weight is 471 g/mol. The molecule has 5 nitrogen and oxygen atoms in total. The van der Waals surface area contributed by atoms with Crippen molar-refractivity contribution >= 4 is 26.3 Å². The van der Waals surface area contributed by atoms with Crippen LogP contribution in [0.4, 0.5) is 5.13 Å². The van der Waals surface area contributed by atoms with Crippen LogP contribution in [0.25, 0.3) is 11.3 Å². The third kappa shape index (κ3) is 4.16. The molecule has 32 heavy (non-hydrogen) atoms. The molecule has 0 N–H and O–H groups in total. The van der Waals surface area contributed by atoms with Gasteiger partial charge >= 0.3 is 0 Å². The van der Waals surface area contributed by atoms with Crippen LogP contribution in [0.15, 0.2) is 40.6 Å². The topological polar surface area (TPSA) is 59.5 Å². The van der Waals surface area contributed by atoms with Crippen molar-refractivity contribution in [3.05, 3.63) is 58.0 Å². The van der Waals surface area contributed by atoms with E-state index in [1.807, 2.05) is 52.0 Å². The summed E-state index contributed by atoms with van der Waals surface area (Å²) in [5.74, 6) is 0.821. The fourth-order valence-corrected chi connectivity index (χ4v) is 7.66. The minimum atomic E-state index is -3.37. The van der Waals surface area contributed by atoms with Gasteiger partial charge in [-0.25, -0.2) is 13.4 Å². The maximum absolute atomic E-state index is 13.6. The first-order valence-electron chi connectivity index (χ1n) is 10.9. The van der Waals surface area contributed by atoms with Gasteiger partial charge in [0.05, 0.1) is 22.9 Å². The third-order valence-corrected chi connectivity index (χ3v) is 10.0. The highest BCUT2D eigenvalue weighted by atomic mass is 32.2. The molecule has 0 bridgehead atoms. The summed E-state index contributed by atoms with van der Waals surface area (Å²) in [5.41, 5.74) is 5.84. The van der Waals surface area contributed by atoms with Crippen molar-refractivity contribution < 1.29 is 13.2 Å². The van der Waals surface area contributed by atoms with Gasteiger partial charge in [-0.15, -0.1) is 11.3 Å². The van der Waals surface area contributed by atoms with Crippen LogP contribution >= 0.6 is 11.3 Å². The van der Waals surface area contributed by atoms with Crippen LogP contribution in [-0.4, -0.2) is 38.9 Å². The Labute approximate surface area is 195 Å². The van der Waals surface area contributed by atoms with Crippen molar-refractivity contribution in [3.63, 3.8) is 0 Å². The molecule has 1 fully saturated rings. The number of thiazole rings is 1. The lowest BCUT2D eigenvalue weighted by Gasteiger charge is -2.32. The normalized spacial score (nSPS) is 15.2. The molecule has 1 saturated heterocycles. The summed E-state index contributed by atoms with van der Waals surface area (Å²) in [7, 11) is -1.72. The molecule has 1 aromatic heterocycles. The smallest absolute Gasteiger partial charge is 0.185 e. The number of ether oxygens (including phenoxy) is 1. The first-order valence-corrected chi connectivity index (χ1v) is 13.3. The van der Waals surface area contributed by atoms with Crippen LogP contribution in [0, 0.1) is 27.7 Å². The number of anilines is 1. The number of hydrogen-bond donors (Lipinski definition) is 0. The molecule has 0 saturated carbocycles. The quantitative estimate of drug-likeness (QED) is 0.493. The van der Waals surface area contributed by atoms with Gasteiger partial charge in [-0.2, -0.15) is 0 Å². The number of benzene rings is 2. The second kappa shape index (κ2) is 8.87. The molecule has 1 aliphatic heterocycles. The Morgan fingerprint density at radius 1 is 1.00 bits per heavy atom. The van der Waals surface area contributed by atoms with Gasteiger partial charge in [0, 0.05) is 24.0 Å². The number of hydrogen-bond acceptors (Lipinski definition) is 6. The summed E-state index contributed by atoms with van der Waals surface area (Å²) in [5, 5.41) is 2.66. The molecule has 170 valence electrons. The minimum Gasteiger partial charge on any atom is -0.497 e. The molecule has 0 unspecified atom stereocenters. The van der Waals surface area contributed by atoms with Gasteiger partial charge in [0.2, 0.25) is 0 Å². The summed E-state index contributed by atoms with van der Waals surface area (Å²) in [6.45, 7) is 9.24. The van der Waals surface area contributed by atoms with Crippen molar-refractivity contribution in [2.75, 3.05) is 25.1 Å². The SMILES string of the molecule is COc1ccc(-c2csc(N3CCC(S(=O)(=O)c4c(C)c(C)cc(C)c4C)CC3)n2)cc1. The zero-order chi connectivity index (χ0) is 23.0. The van der Waals surface area contributed by atoms with E-state index < -0.39 is 9.84 Å². The van der Waals surface area contributed by atoms with Crippen molar-refractivity contribution in [3.8, 4) is 17.0 Å². The number of sulfone groups is 1. The molecule has 0 spiro atoms. The van der Waals surface area contributed by atoms with Crippen molar-refractivity contribution in [1.82, 2.24) is 4.98 Å². The van der Waals surface area contributed by atoms with E-state index in [4.69, 9.17) is 9.72 Å². The number of nitrogens with zero attached hydrogens (tertiary/aromatic N) is 2. The lowest BCUT2D eigenvalue weighted by molar-refractivity contribution is 0.415. The van der Waals surface area contributed by atoms with Gasteiger partial charge in [-0.1, -0.05) is 6.07 Å². The van der Waals surface area contributed by atoms with Gasteiger partial charge in [0.15, 0.2) is 15.0 Å². The Hall–Kier alpha value is -2.38. The number of aryl methyl sites for hydroxylation is 2. The molecule has 2 heterocycles. The minimum absolute atomic E-state index is 0.349. The number of aromatic nitrogens is 1. The van der Waals surface area contributed by atoms with Crippen LogP contribution in [0.1, 0.15) is 35.1 Å². The zero-order valence-corrected chi connectivity index (χ0v) is 20.9. The number of piperidine rings is 1. The maximum Gasteiger partial charge on any atom is 0.185 e. The lowest BCUT2D eigenvalue weighted by Crippen LogP contribution is -2.39. The first kappa shape index (κ1) is 22.8. The zero-order valence-electron chi connectivity index (χ0n) is 19.3. The van der Waals surface area contributed by atoms with Crippen LogP contribution in [-0.2, 0) is 9.84 Å². The Morgan fingerprint density at radius 3 is 2.16 bits per heavy atom. The Morgan fingerprint density at radius 2 is 1.59 bits per heavy atom. The maximum atomic E-state index is 13.6. The largest absolute Gasteiger partial charge is 0.497 e. The van der Waals surface area contributed by atoms with Crippen molar-refractivity contribution in [2.24, 2.45) is 0 Å². The summed E-state index contributed by atoms with van der Waals surface area (Å²) in [6.07, 6.45) is 1.23. The summed E-state index contributed by atoms with van der Waals surface area (Å²) >= 11 is 1.61. The molecule has 0 radical (unpaired) electrons. The van der Waals surface area contributed by atoms with E-state index in [2.05, 4.69) is 16.3 Å². The van der Waals surface area contributed by atoms with E-state index in [0.29, 0.717) is 30.8 Å². The lowest BCUT2D eigenvalue weighted by atomic mass is 10.0.